The third-order valence-corrected chi connectivity index (χ3v) is 2.11. The Morgan fingerprint density at radius 1 is 1.54 bits per heavy atom. The smallest absolute Gasteiger partial charge is 0.307 e. The first-order chi connectivity index (χ1) is 6.06. The highest BCUT2D eigenvalue weighted by atomic mass is 16.4. The number of rotatable bonds is 4. The van der Waals surface area contributed by atoms with E-state index in [0.717, 1.165) is 0 Å². The number of nitrogens with one attached hydrogen (secondary N) is 1. The van der Waals surface area contributed by atoms with Gasteiger partial charge in [0.2, 0.25) is 5.91 Å². The van der Waals surface area contributed by atoms with Crippen LogP contribution in [0.15, 0.2) is 0 Å². The van der Waals surface area contributed by atoms with Crippen molar-refractivity contribution >= 4 is 11.9 Å². The molecule has 0 bridgehead atoms. The highest BCUT2D eigenvalue weighted by molar-refractivity contribution is 5.89. The molecule has 5 nitrogen and oxygen atoms in total. The van der Waals surface area contributed by atoms with E-state index in [0.29, 0.717) is 6.42 Å². The number of hydrogen-bond acceptors (Lipinski definition) is 3. The van der Waals surface area contributed by atoms with E-state index in [4.69, 9.17) is 10.2 Å². The van der Waals surface area contributed by atoms with Gasteiger partial charge in [-0.05, 0) is 13.3 Å². The molecule has 1 saturated carbocycles. The number of aliphatic hydroxyl groups excluding tert-OH is 1. The number of carboxylic acid groups (broad SMARTS) is 1. The van der Waals surface area contributed by atoms with Gasteiger partial charge in [0.15, 0.2) is 0 Å². The van der Waals surface area contributed by atoms with E-state index in [1.807, 2.05) is 0 Å². The summed E-state index contributed by atoms with van der Waals surface area (Å²) in [6.07, 6.45) is 0.416. The second-order valence-electron chi connectivity index (χ2n) is 3.38. The Hall–Kier alpha value is -1.10. The van der Waals surface area contributed by atoms with E-state index in [2.05, 4.69) is 5.32 Å². The number of carbonyl (C=O) groups is 2. The zero-order valence-electron chi connectivity index (χ0n) is 7.36. The Kier molecular flexibility index (Phi) is 2.87. The number of aliphatic hydroxyl groups is 1. The molecule has 0 heterocycles. The van der Waals surface area contributed by atoms with Crippen molar-refractivity contribution in [1.82, 2.24) is 5.32 Å². The normalized spacial score (nSPS) is 27.8. The van der Waals surface area contributed by atoms with E-state index in [1.165, 1.54) is 0 Å². The summed E-state index contributed by atoms with van der Waals surface area (Å²) in [4.78, 5) is 21.6. The number of hydrogen-bond donors (Lipinski definition) is 3. The number of amides is 1. The fourth-order valence-corrected chi connectivity index (χ4v) is 1.15. The molecule has 0 unspecified atom stereocenters. The molecular weight excluding hydrogens is 174 g/mol. The van der Waals surface area contributed by atoms with Crippen molar-refractivity contribution in [2.75, 3.05) is 6.61 Å². The molecule has 1 fully saturated rings. The average molecular weight is 187 g/mol. The zero-order valence-corrected chi connectivity index (χ0v) is 7.36. The third-order valence-electron chi connectivity index (χ3n) is 2.11. The van der Waals surface area contributed by atoms with Crippen molar-refractivity contribution in [2.24, 2.45) is 11.8 Å². The van der Waals surface area contributed by atoms with E-state index >= 15 is 0 Å². The van der Waals surface area contributed by atoms with Gasteiger partial charge in [-0.15, -0.1) is 0 Å². The summed E-state index contributed by atoms with van der Waals surface area (Å²) >= 11 is 0. The second kappa shape index (κ2) is 3.74. The summed E-state index contributed by atoms with van der Waals surface area (Å²) in [5.74, 6) is -2.11. The van der Waals surface area contributed by atoms with Gasteiger partial charge in [-0.1, -0.05) is 0 Å². The van der Waals surface area contributed by atoms with Gasteiger partial charge in [0, 0.05) is 6.04 Å². The van der Waals surface area contributed by atoms with Crippen molar-refractivity contribution in [2.45, 2.75) is 19.4 Å². The molecule has 1 rings (SSSR count). The summed E-state index contributed by atoms with van der Waals surface area (Å²) < 4.78 is 0. The van der Waals surface area contributed by atoms with Crippen LogP contribution in [0.25, 0.3) is 0 Å². The lowest BCUT2D eigenvalue weighted by molar-refractivity contribution is -0.140. The van der Waals surface area contributed by atoms with E-state index in [-0.39, 0.29) is 18.6 Å². The lowest BCUT2D eigenvalue weighted by atomic mass is 10.2. The third kappa shape index (κ3) is 2.42. The van der Waals surface area contributed by atoms with Gasteiger partial charge in [0.05, 0.1) is 18.4 Å². The molecule has 74 valence electrons. The fourth-order valence-electron chi connectivity index (χ4n) is 1.15. The Labute approximate surface area is 75.7 Å². The van der Waals surface area contributed by atoms with Crippen molar-refractivity contribution in [3.8, 4) is 0 Å². The predicted octanol–water partition coefficient (Wildman–Crippen LogP) is -0.796. The van der Waals surface area contributed by atoms with Gasteiger partial charge in [-0.25, -0.2) is 0 Å². The fraction of sp³-hybridized carbons (Fsp3) is 0.750. The van der Waals surface area contributed by atoms with Crippen LogP contribution in [0.1, 0.15) is 13.3 Å². The van der Waals surface area contributed by atoms with Crippen LogP contribution in [0.3, 0.4) is 0 Å². The van der Waals surface area contributed by atoms with Crippen LogP contribution >= 0.6 is 0 Å². The summed E-state index contributed by atoms with van der Waals surface area (Å²) in [7, 11) is 0. The SMILES string of the molecule is C[C@H](CO)NC(=O)[C@@H]1C[C@@H]1C(=O)O. The summed E-state index contributed by atoms with van der Waals surface area (Å²) in [6.45, 7) is 1.53. The highest BCUT2D eigenvalue weighted by Gasteiger charge is 2.48. The van der Waals surface area contributed by atoms with Crippen LogP contribution < -0.4 is 5.32 Å². The van der Waals surface area contributed by atoms with Crippen LogP contribution in [-0.4, -0.2) is 34.7 Å². The molecule has 0 radical (unpaired) electrons. The second-order valence-corrected chi connectivity index (χ2v) is 3.38. The van der Waals surface area contributed by atoms with Gasteiger partial charge >= 0.3 is 5.97 Å². The lowest BCUT2D eigenvalue weighted by Gasteiger charge is -2.09. The lowest BCUT2D eigenvalue weighted by Crippen LogP contribution is -2.36. The number of carboxylic acids is 1. The minimum absolute atomic E-state index is 0.129. The van der Waals surface area contributed by atoms with Gasteiger partial charge in [-0.2, -0.15) is 0 Å². The minimum atomic E-state index is -0.920. The average Bonchev–Trinajstić information content (AvgIpc) is 2.82. The van der Waals surface area contributed by atoms with Crippen LogP contribution in [-0.2, 0) is 9.59 Å². The molecule has 1 amide bonds. The molecule has 0 spiro atoms. The molecule has 1 aliphatic rings. The maximum Gasteiger partial charge on any atom is 0.307 e. The molecule has 0 saturated heterocycles. The molecule has 3 atom stereocenters. The van der Waals surface area contributed by atoms with Crippen molar-refractivity contribution in [3.05, 3.63) is 0 Å². The monoisotopic (exact) mass is 187 g/mol. The maximum absolute atomic E-state index is 11.2. The van der Waals surface area contributed by atoms with Crippen LogP contribution in [0.5, 0.6) is 0 Å². The Bertz CT molecular complexity index is 228. The van der Waals surface area contributed by atoms with E-state index in [1.54, 1.807) is 6.92 Å². The largest absolute Gasteiger partial charge is 0.481 e. The highest BCUT2D eigenvalue weighted by Crippen LogP contribution is 2.38. The molecule has 0 aromatic heterocycles. The molecular formula is C8H13NO4. The maximum atomic E-state index is 11.2. The molecule has 5 heteroatoms. The summed E-state index contributed by atoms with van der Waals surface area (Å²) in [6, 6.07) is -0.303. The van der Waals surface area contributed by atoms with E-state index < -0.39 is 17.8 Å². The van der Waals surface area contributed by atoms with Crippen molar-refractivity contribution in [1.29, 1.82) is 0 Å². The molecule has 0 aromatic carbocycles. The molecule has 0 aromatic rings. The Morgan fingerprint density at radius 2 is 2.15 bits per heavy atom. The summed E-state index contributed by atoms with van der Waals surface area (Å²) in [5, 5.41) is 19.7. The standard InChI is InChI=1S/C8H13NO4/c1-4(3-10)9-7(11)5-2-6(5)8(12)13/h4-6,10H,2-3H2,1H3,(H,9,11)(H,12,13)/t4-,5-,6+/m1/s1. The number of aliphatic carboxylic acids is 1. The first-order valence-electron chi connectivity index (χ1n) is 4.20. The van der Waals surface area contributed by atoms with Gasteiger partial charge in [0.25, 0.3) is 0 Å². The quantitative estimate of drug-likeness (QED) is 0.538. The Balaban J connectivity index is 2.31. The first-order valence-corrected chi connectivity index (χ1v) is 4.20. The van der Waals surface area contributed by atoms with Gasteiger partial charge in [-0.3, -0.25) is 9.59 Å². The Morgan fingerprint density at radius 3 is 2.54 bits per heavy atom. The molecule has 3 N–H and O–H groups in total. The minimum Gasteiger partial charge on any atom is -0.481 e. The van der Waals surface area contributed by atoms with Crippen molar-refractivity contribution < 1.29 is 19.8 Å². The molecule has 13 heavy (non-hydrogen) atoms. The van der Waals surface area contributed by atoms with Gasteiger partial charge < -0.3 is 15.5 Å². The first kappa shape index (κ1) is 9.98. The van der Waals surface area contributed by atoms with Crippen LogP contribution in [0, 0.1) is 11.8 Å². The van der Waals surface area contributed by atoms with Crippen molar-refractivity contribution in [3.63, 3.8) is 0 Å². The molecule has 0 aliphatic heterocycles. The topological polar surface area (TPSA) is 86.6 Å². The summed E-state index contributed by atoms with van der Waals surface area (Å²) in [5.41, 5.74) is 0. The van der Waals surface area contributed by atoms with Crippen LogP contribution in [0.4, 0.5) is 0 Å². The van der Waals surface area contributed by atoms with E-state index in [9.17, 15) is 9.59 Å². The molecule has 1 aliphatic carbocycles. The number of carbonyl (C=O) groups excluding carboxylic acids is 1. The van der Waals surface area contributed by atoms with Gasteiger partial charge in [0.1, 0.15) is 0 Å². The van der Waals surface area contributed by atoms with Crippen LogP contribution in [0.2, 0.25) is 0 Å². The zero-order chi connectivity index (χ0) is 10.0. The predicted molar refractivity (Wildman–Crippen MR) is 43.9 cm³/mol.